The second-order valence-electron chi connectivity index (χ2n) is 5.56. The molecule has 0 spiro atoms. The highest BCUT2D eigenvalue weighted by Crippen LogP contribution is 2.20. The Labute approximate surface area is 130 Å². The Morgan fingerprint density at radius 3 is 2.55 bits per heavy atom. The molecular weight excluding hydrogens is 276 g/mol. The Hall–Kier alpha value is -2.33. The highest BCUT2D eigenvalue weighted by molar-refractivity contribution is 5.94. The van der Waals surface area contributed by atoms with Crippen LogP contribution in [-0.2, 0) is 9.53 Å². The van der Waals surface area contributed by atoms with Gasteiger partial charge in [-0.3, -0.25) is 4.79 Å². The second kappa shape index (κ2) is 6.62. The summed E-state index contributed by atoms with van der Waals surface area (Å²) >= 11 is 0. The van der Waals surface area contributed by atoms with Crippen molar-refractivity contribution >= 4 is 23.0 Å². The predicted molar refractivity (Wildman–Crippen MR) is 88.5 cm³/mol. The number of benzene rings is 2. The quantitative estimate of drug-likeness (QED) is 0.901. The molecule has 0 bridgehead atoms. The molecule has 0 aromatic heterocycles. The number of hydrogen-bond donors (Lipinski definition) is 2. The third-order valence-electron chi connectivity index (χ3n) is 3.68. The largest absolute Gasteiger partial charge is 0.368 e. The number of aryl methyl sites for hydroxylation is 1. The first-order valence-corrected chi connectivity index (χ1v) is 7.57. The standard InChI is InChI=1S/C18H20N2O2/c1-13-4-2-5-16(12-13)19-14-7-9-15(10-8-14)20-18(21)17-6-3-11-22-17/h2,4-5,7-10,12,17,19H,3,6,11H2,1H3,(H,20,21). The van der Waals surface area contributed by atoms with Gasteiger partial charge in [-0.15, -0.1) is 0 Å². The molecule has 3 rings (SSSR count). The molecule has 22 heavy (non-hydrogen) atoms. The van der Waals surface area contributed by atoms with Crippen LogP contribution in [0.25, 0.3) is 0 Å². The number of amides is 1. The Bertz CT molecular complexity index is 646. The molecule has 1 aliphatic heterocycles. The van der Waals surface area contributed by atoms with Gasteiger partial charge in [-0.05, 0) is 61.7 Å². The normalized spacial score (nSPS) is 17.2. The Kier molecular flexibility index (Phi) is 4.39. The number of anilines is 3. The van der Waals surface area contributed by atoms with Crippen LogP contribution in [0.4, 0.5) is 17.1 Å². The molecule has 2 aromatic carbocycles. The van der Waals surface area contributed by atoms with Crippen LogP contribution in [0, 0.1) is 6.92 Å². The van der Waals surface area contributed by atoms with E-state index in [0.717, 1.165) is 29.9 Å². The summed E-state index contributed by atoms with van der Waals surface area (Å²) in [6, 6.07) is 15.9. The third-order valence-corrected chi connectivity index (χ3v) is 3.68. The number of carbonyl (C=O) groups is 1. The first kappa shape index (κ1) is 14.6. The molecule has 4 heteroatoms. The van der Waals surface area contributed by atoms with E-state index in [4.69, 9.17) is 4.74 Å². The Morgan fingerprint density at radius 2 is 1.86 bits per heavy atom. The van der Waals surface area contributed by atoms with Gasteiger partial charge in [0.2, 0.25) is 0 Å². The molecule has 1 heterocycles. The second-order valence-corrected chi connectivity index (χ2v) is 5.56. The maximum absolute atomic E-state index is 12.0. The molecular formula is C18H20N2O2. The number of nitrogens with one attached hydrogen (secondary N) is 2. The Balaban J connectivity index is 1.61. The van der Waals surface area contributed by atoms with E-state index in [0.29, 0.717) is 6.61 Å². The molecule has 114 valence electrons. The van der Waals surface area contributed by atoms with Gasteiger partial charge in [0.25, 0.3) is 5.91 Å². The summed E-state index contributed by atoms with van der Waals surface area (Å²) in [5.41, 5.74) is 4.04. The molecule has 1 amide bonds. The average Bonchev–Trinajstić information content (AvgIpc) is 3.04. The van der Waals surface area contributed by atoms with Crippen molar-refractivity contribution in [2.45, 2.75) is 25.9 Å². The van der Waals surface area contributed by atoms with E-state index in [-0.39, 0.29) is 12.0 Å². The molecule has 0 aliphatic carbocycles. The minimum absolute atomic E-state index is 0.0584. The van der Waals surface area contributed by atoms with Gasteiger partial charge in [0, 0.05) is 23.7 Å². The summed E-state index contributed by atoms with van der Waals surface area (Å²) in [6.07, 6.45) is 1.46. The lowest BCUT2D eigenvalue weighted by Crippen LogP contribution is -2.26. The van der Waals surface area contributed by atoms with Crippen molar-refractivity contribution in [1.29, 1.82) is 0 Å². The smallest absolute Gasteiger partial charge is 0.253 e. The first-order valence-electron chi connectivity index (χ1n) is 7.57. The molecule has 1 atom stereocenters. The van der Waals surface area contributed by atoms with Crippen molar-refractivity contribution in [1.82, 2.24) is 0 Å². The van der Waals surface area contributed by atoms with Crippen molar-refractivity contribution in [3.05, 3.63) is 54.1 Å². The van der Waals surface area contributed by atoms with Gasteiger partial charge < -0.3 is 15.4 Å². The summed E-state index contributed by atoms with van der Waals surface area (Å²) in [7, 11) is 0. The number of rotatable bonds is 4. The maximum atomic E-state index is 12.0. The van der Waals surface area contributed by atoms with E-state index >= 15 is 0 Å². The SMILES string of the molecule is Cc1cccc(Nc2ccc(NC(=O)C3CCCO3)cc2)c1. The minimum Gasteiger partial charge on any atom is -0.368 e. The fourth-order valence-corrected chi connectivity index (χ4v) is 2.53. The van der Waals surface area contributed by atoms with Gasteiger partial charge in [-0.25, -0.2) is 0 Å². The lowest BCUT2D eigenvalue weighted by Gasteiger charge is -2.11. The summed E-state index contributed by atoms with van der Waals surface area (Å²) in [4.78, 5) is 12.0. The van der Waals surface area contributed by atoms with Crippen LogP contribution in [-0.4, -0.2) is 18.6 Å². The summed E-state index contributed by atoms with van der Waals surface area (Å²) < 4.78 is 5.38. The van der Waals surface area contributed by atoms with E-state index in [9.17, 15) is 4.79 Å². The monoisotopic (exact) mass is 296 g/mol. The van der Waals surface area contributed by atoms with Crippen molar-refractivity contribution in [3.8, 4) is 0 Å². The third kappa shape index (κ3) is 3.65. The first-order chi connectivity index (χ1) is 10.7. The van der Waals surface area contributed by atoms with Crippen LogP contribution in [0.1, 0.15) is 18.4 Å². The molecule has 2 N–H and O–H groups in total. The van der Waals surface area contributed by atoms with E-state index < -0.39 is 0 Å². The topological polar surface area (TPSA) is 50.4 Å². The van der Waals surface area contributed by atoms with Crippen molar-refractivity contribution in [2.75, 3.05) is 17.2 Å². The average molecular weight is 296 g/mol. The lowest BCUT2D eigenvalue weighted by atomic mass is 10.2. The number of hydrogen-bond acceptors (Lipinski definition) is 3. The van der Waals surface area contributed by atoms with E-state index in [1.165, 1.54) is 5.56 Å². The van der Waals surface area contributed by atoms with Gasteiger partial charge in [0.1, 0.15) is 6.10 Å². The molecule has 1 unspecified atom stereocenters. The van der Waals surface area contributed by atoms with Crippen molar-refractivity contribution in [2.24, 2.45) is 0 Å². The van der Waals surface area contributed by atoms with Crippen molar-refractivity contribution in [3.63, 3.8) is 0 Å². The minimum atomic E-state index is -0.301. The Morgan fingerprint density at radius 1 is 1.09 bits per heavy atom. The molecule has 1 saturated heterocycles. The highest BCUT2D eigenvalue weighted by atomic mass is 16.5. The van der Waals surface area contributed by atoms with Gasteiger partial charge in [-0.1, -0.05) is 12.1 Å². The summed E-state index contributed by atoms with van der Waals surface area (Å²) in [5.74, 6) is -0.0584. The van der Waals surface area contributed by atoms with Crippen LogP contribution in [0.3, 0.4) is 0 Å². The van der Waals surface area contributed by atoms with Gasteiger partial charge >= 0.3 is 0 Å². The fourth-order valence-electron chi connectivity index (χ4n) is 2.53. The van der Waals surface area contributed by atoms with Crippen LogP contribution < -0.4 is 10.6 Å². The van der Waals surface area contributed by atoms with Crippen LogP contribution in [0.15, 0.2) is 48.5 Å². The number of carbonyl (C=O) groups excluding carboxylic acids is 1. The van der Waals surface area contributed by atoms with Gasteiger partial charge in [0.15, 0.2) is 0 Å². The molecule has 4 nitrogen and oxygen atoms in total. The maximum Gasteiger partial charge on any atom is 0.253 e. The predicted octanol–water partition coefficient (Wildman–Crippen LogP) is 3.86. The summed E-state index contributed by atoms with van der Waals surface area (Å²) in [6.45, 7) is 2.74. The van der Waals surface area contributed by atoms with E-state index in [1.54, 1.807) is 0 Å². The molecule has 0 radical (unpaired) electrons. The lowest BCUT2D eigenvalue weighted by molar-refractivity contribution is -0.124. The molecule has 1 fully saturated rings. The van der Waals surface area contributed by atoms with Gasteiger partial charge in [-0.2, -0.15) is 0 Å². The van der Waals surface area contributed by atoms with Crippen LogP contribution in [0.2, 0.25) is 0 Å². The van der Waals surface area contributed by atoms with Crippen LogP contribution >= 0.6 is 0 Å². The zero-order chi connectivity index (χ0) is 15.4. The van der Waals surface area contributed by atoms with Crippen molar-refractivity contribution < 1.29 is 9.53 Å². The molecule has 1 aliphatic rings. The highest BCUT2D eigenvalue weighted by Gasteiger charge is 2.23. The zero-order valence-corrected chi connectivity index (χ0v) is 12.6. The fraction of sp³-hybridized carbons (Fsp3) is 0.278. The van der Waals surface area contributed by atoms with Gasteiger partial charge in [0.05, 0.1) is 0 Å². The van der Waals surface area contributed by atoms with E-state index in [1.807, 2.05) is 36.4 Å². The van der Waals surface area contributed by atoms with E-state index in [2.05, 4.69) is 29.7 Å². The van der Waals surface area contributed by atoms with Crippen LogP contribution in [0.5, 0.6) is 0 Å². The summed E-state index contributed by atoms with van der Waals surface area (Å²) in [5, 5.41) is 6.24. The number of ether oxygens (including phenoxy) is 1. The zero-order valence-electron chi connectivity index (χ0n) is 12.6. The molecule has 0 saturated carbocycles. The molecule has 2 aromatic rings.